The van der Waals surface area contributed by atoms with Gasteiger partial charge in [0.15, 0.2) is 0 Å². The van der Waals surface area contributed by atoms with Crippen LogP contribution in [0.2, 0.25) is 0 Å². The monoisotopic (exact) mass is 244 g/mol. The number of carbonyl (C=O) groups excluding carboxylic acids is 2. The minimum absolute atomic E-state index is 0.124. The number of amides is 2. The van der Waals surface area contributed by atoms with E-state index in [0.717, 1.165) is 0 Å². The molecule has 1 rings (SSSR count). The fourth-order valence-electron chi connectivity index (χ4n) is 1.50. The minimum atomic E-state index is -0.901. The molecule has 0 aromatic heterocycles. The van der Waals surface area contributed by atoms with Crippen molar-refractivity contribution in [3.63, 3.8) is 0 Å². The summed E-state index contributed by atoms with van der Waals surface area (Å²) >= 11 is 0. The number of carbonyl (C=O) groups is 3. The Hall–Kier alpha value is -1.79. The lowest BCUT2D eigenvalue weighted by Crippen LogP contribution is -2.57. The Morgan fingerprint density at radius 3 is 2.47 bits per heavy atom. The second-order valence-corrected chi connectivity index (χ2v) is 3.88. The van der Waals surface area contributed by atoms with Gasteiger partial charge < -0.3 is 19.6 Å². The highest BCUT2D eigenvalue weighted by atomic mass is 16.5. The van der Waals surface area contributed by atoms with Gasteiger partial charge in [-0.05, 0) is 6.92 Å². The van der Waals surface area contributed by atoms with E-state index in [-0.39, 0.29) is 32.3 Å². The van der Waals surface area contributed by atoms with Crippen LogP contribution in [0.3, 0.4) is 0 Å². The predicted octanol–water partition coefficient (Wildman–Crippen LogP) is -0.382. The molecule has 0 bridgehead atoms. The smallest absolute Gasteiger partial charge is 0.325 e. The number of ether oxygens (including phenoxy) is 1. The van der Waals surface area contributed by atoms with E-state index < -0.39 is 17.9 Å². The lowest BCUT2D eigenvalue weighted by atomic mass is 10.0. The van der Waals surface area contributed by atoms with Gasteiger partial charge in [0.25, 0.3) is 0 Å². The molecule has 1 aliphatic rings. The Balaban J connectivity index is 2.34. The van der Waals surface area contributed by atoms with Crippen molar-refractivity contribution in [1.29, 1.82) is 0 Å². The number of hydrogen-bond acceptors (Lipinski definition) is 4. The number of esters is 1. The first-order valence-electron chi connectivity index (χ1n) is 5.34. The van der Waals surface area contributed by atoms with Gasteiger partial charge in [-0.25, -0.2) is 4.79 Å². The molecular formula is C10H16N2O5. The van der Waals surface area contributed by atoms with E-state index in [1.807, 2.05) is 0 Å². The van der Waals surface area contributed by atoms with Crippen molar-refractivity contribution in [3.8, 4) is 0 Å². The zero-order valence-corrected chi connectivity index (χ0v) is 9.88. The van der Waals surface area contributed by atoms with Crippen molar-refractivity contribution in [3.05, 3.63) is 0 Å². The molecule has 7 nitrogen and oxygen atoms in total. The van der Waals surface area contributed by atoms with Crippen molar-refractivity contribution >= 4 is 18.0 Å². The van der Waals surface area contributed by atoms with Crippen LogP contribution in [0.1, 0.15) is 6.92 Å². The van der Waals surface area contributed by atoms with E-state index in [2.05, 4.69) is 0 Å². The van der Waals surface area contributed by atoms with Crippen LogP contribution in [0, 0.1) is 5.92 Å². The van der Waals surface area contributed by atoms with E-state index in [4.69, 9.17) is 9.84 Å². The van der Waals surface area contributed by atoms with Crippen LogP contribution < -0.4 is 0 Å². The highest BCUT2D eigenvalue weighted by Gasteiger charge is 2.37. The fourth-order valence-corrected chi connectivity index (χ4v) is 1.50. The van der Waals surface area contributed by atoms with Gasteiger partial charge in [-0.2, -0.15) is 0 Å². The molecule has 1 fully saturated rings. The average molecular weight is 244 g/mol. The zero-order chi connectivity index (χ0) is 13.0. The molecule has 7 heteroatoms. The molecule has 0 atom stereocenters. The summed E-state index contributed by atoms with van der Waals surface area (Å²) in [6.07, 6.45) is 0. The number of aliphatic carboxylic acids is 1. The SMILES string of the molecule is CCOC(=O)CN(C)C(=O)N1CC(C(=O)O)C1. The van der Waals surface area contributed by atoms with Crippen molar-refractivity contribution < 1.29 is 24.2 Å². The van der Waals surface area contributed by atoms with Crippen LogP contribution in [0.25, 0.3) is 0 Å². The maximum Gasteiger partial charge on any atom is 0.325 e. The van der Waals surface area contributed by atoms with Crippen LogP contribution in [-0.2, 0) is 14.3 Å². The van der Waals surface area contributed by atoms with Gasteiger partial charge in [-0.1, -0.05) is 0 Å². The maximum absolute atomic E-state index is 11.7. The maximum atomic E-state index is 11.7. The summed E-state index contributed by atoms with van der Waals surface area (Å²) in [5.74, 6) is -1.87. The average Bonchev–Trinajstić information content (AvgIpc) is 2.14. The Bertz CT molecular complexity index is 325. The first-order valence-corrected chi connectivity index (χ1v) is 5.34. The van der Waals surface area contributed by atoms with Crippen molar-refractivity contribution in [2.75, 3.05) is 33.3 Å². The first-order chi connectivity index (χ1) is 7.95. The topological polar surface area (TPSA) is 87.2 Å². The van der Waals surface area contributed by atoms with E-state index in [1.165, 1.54) is 16.8 Å². The highest BCUT2D eigenvalue weighted by Crippen LogP contribution is 2.16. The molecule has 1 heterocycles. The van der Waals surface area contributed by atoms with Gasteiger partial charge in [0.2, 0.25) is 0 Å². The molecule has 0 aliphatic carbocycles. The number of likely N-dealkylation sites (tertiary alicyclic amines) is 1. The number of hydrogen-bond donors (Lipinski definition) is 1. The predicted molar refractivity (Wildman–Crippen MR) is 57.4 cm³/mol. The summed E-state index contributed by atoms with van der Waals surface area (Å²) in [6, 6.07) is -0.351. The van der Waals surface area contributed by atoms with Crippen LogP contribution >= 0.6 is 0 Å². The Labute approximate surface area is 98.9 Å². The molecule has 0 aromatic carbocycles. The summed E-state index contributed by atoms with van der Waals surface area (Å²) in [5.41, 5.74) is 0. The van der Waals surface area contributed by atoms with Crippen LogP contribution in [0.4, 0.5) is 4.79 Å². The molecule has 0 radical (unpaired) electrons. The molecule has 1 saturated heterocycles. The molecular weight excluding hydrogens is 228 g/mol. The molecule has 1 N–H and O–H groups in total. The first kappa shape index (κ1) is 13.3. The van der Waals surface area contributed by atoms with Crippen molar-refractivity contribution in [2.45, 2.75) is 6.92 Å². The number of carboxylic acid groups (broad SMARTS) is 1. The third kappa shape index (κ3) is 3.33. The van der Waals surface area contributed by atoms with E-state index in [9.17, 15) is 14.4 Å². The fraction of sp³-hybridized carbons (Fsp3) is 0.700. The van der Waals surface area contributed by atoms with Crippen LogP contribution in [-0.4, -0.2) is 66.2 Å². The van der Waals surface area contributed by atoms with Gasteiger partial charge in [-0.15, -0.1) is 0 Å². The third-order valence-electron chi connectivity index (χ3n) is 2.50. The van der Waals surface area contributed by atoms with Crippen LogP contribution in [0.5, 0.6) is 0 Å². The number of carboxylic acids is 1. The molecule has 96 valence electrons. The van der Waals surface area contributed by atoms with Gasteiger partial charge >= 0.3 is 18.0 Å². The number of nitrogens with zero attached hydrogens (tertiary/aromatic N) is 2. The van der Waals surface area contributed by atoms with E-state index in [1.54, 1.807) is 6.92 Å². The summed E-state index contributed by atoms with van der Waals surface area (Å²) in [7, 11) is 1.48. The molecule has 0 aromatic rings. The molecule has 17 heavy (non-hydrogen) atoms. The normalized spacial score (nSPS) is 15.1. The van der Waals surface area contributed by atoms with E-state index in [0.29, 0.717) is 0 Å². The van der Waals surface area contributed by atoms with Crippen molar-refractivity contribution in [2.24, 2.45) is 5.92 Å². The number of urea groups is 1. The molecule has 2 amide bonds. The Kier molecular flexibility index (Phi) is 4.30. The van der Waals surface area contributed by atoms with Gasteiger partial charge in [0.05, 0.1) is 12.5 Å². The van der Waals surface area contributed by atoms with Gasteiger partial charge in [0, 0.05) is 20.1 Å². The molecule has 0 saturated carbocycles. The molecule has 0 spiro atoms. The summed E-state index contributed by atoms with van der Waals surface area (Å²) < 4.78 is 4.71. The number of rotatable bonds is 4. The second kappa shape index (κ2) is 5.51. The highest BCUT2D eigenvalue weighted by molar-refractivity contribution is 5.83. The number of likely N-dealkylation sites (N-methyl/N-ethyl adjacent to an activating group) is 1. The molecule has 0 unspecified atom stereocenters. The lowest BCUT2D eigenvalue weighted by molar-refractivity contribution is -0.147. The van der Waals surface area contributed by atoms with E-state index >= 15 is 0 Å². The third-order valence-corrected chi connectivity index (χ3v) is 2.50. The summed E-state index contributed by atoms with van der Waals surface area (Å²) in [5, 5.41) is 8.66. The summed E-state index contributed by atoms with van der Waals surface area (Å²) in [4.78, 5) is 36.0. The standard InChI is InChI=1S/C10H16N2O5/c1-3-17-8(13)6-11(2)10(16)12-4-7(5-12)9(14)15/h7H,3-6H2,1-2H3,(H,14,15). The Morgan fingerprint density at radius 2 is 2.00 bits per heavy atom. The summed E-state index contributed by atoms with van der Waals surface area (Å²) in [6.45, 7) is 2.22. The quantitative estimate of drug-likeness (QED) is 0.681. The Morgan fingerprint density at radius 1 is 1.41 bits per heavy atom. The second-order valence-electron chi connectivity index (χ2n) is 3.88. The van der Waals surface area contributed by atoms with Gasteiger partial charge in [0.1, 0.15) is 6.54 Å². The lowest BCUT2D eigenvalue weighted by Gasteiger charge is -2.38. The zero-order valence-electron chi connectivity index (χ0n) is 9.88. The minimum Gasteiger partial charge on any atom is -0.481 e. The van der Waals surface area contributed by atoms with Crippen LogP contribution in [0.15, 0.2) is 0 Å². The largest absolute Gasteiger partial charge is 0.481 e. The van der Waals surface area contributed by atoms with Gasteiger partial charge in [-0.3, -0.25) is 9.59 Å². The molecule has 1 aliphatic heterocycles. The van der Waals surface area contributed by atoms with Crippen molar-refractivity contribution in [1.82, 2.24) is 9.80 Å².